The van der Waals surface area contributed by atoms with Gasteiger partial charge >= 0.3 is 0 Å². The van der Waals surface area contributed by atoms with E-state index in [1.54, 1.807) is 18.9 Å². The van der Waals surface area contributed by atoms with Crippen LogP contribution in [0.15, 0.2) is 78.0 Å². The van der Waals surface area contributed by atoms with E-state index in [9.17, 15) is 0 Å². The first-order chi connectivity index (χ1) is 13.3. The largest absolute Gasteiger partial charge is 0.383 e. The van der Waals surface area contributed by atoms with Gasteiger partial charge in [-0.05, 0) is 16.3 Å². The van der Waals surface area contributed by atoms with E-state index in [0.29, 0.717) is 6.61 Å². The molecule has 1 heterocycles. The highest BCUT2D eigenvalue weighted by Crippen LogP contribution is 2.27. The number of rotatable bonds is 7. The average molecular weight is 375 g/mol. The predicted octanol–water partition coefficient (Wildman–Crippen LogP) is 5.04. The van der Waals surface area contributed by atoms with Gasteiger partial charge in [0.2, 0.25) is 0 Å². The molecule has 0 atom stereocenters. The summed E-state index contributed by atoms with van der Waals surface area (Å²) in [4.78, 5) is 0. The highest BCUT2D eigenvalue weighted by Gasteiger charge is 2.14. The van der Waals surface area contributed by atoms with Crippen molar-refractivity contribution in [3.8, 4) is 11.4 Å². The fraction of sp³-hybridized carbons (Fsp3) is 0.182. The maximum absolute atomic E-state index is 5.29. The topological polar surface area (TPSA) is 39.9 Å². The minimum atomic E-state index is 0.626. The Balaban J connectivity index is 1.58. The molecule has 3 aromatic carbocycles. The van der Waals surface area contributed by atoms with E-state index in [4.69, 9.17) is 4.74 Å². The van der Waals surface area contributed by atoms with Gasteiger partial charge in [-0.3, -0.25) is 4.57 Å². The third-order valence-corrected chi connectivity index (χ3v) is 5.49. The Kier molecular flexibility index (Phi) is 5.51. The van der Waals surface area contributed by atoms with Crippen LogP contribution < -0.4 is 0 Å². The summed E-state index contributed by atoms with van der Waals surface area (Å²) in [5, 5.41) is 12.3. The van der Waals surface area contributed by atoms with Crippen LogP contribution in [0.25, 0.3) is 22.2 Å². The number of ether oxygens (including phenoxy) is 1. The van der Waals surface area contributed by atoms with Crippen molar-refractivity contribution in [3.63, 3.8) is 0 Å². The Morgan fingerprint density at radius 2 is 1.67 bits per heavy atom. The van der Waals surface area contributed by atoms with Crippen LogP contribution in [0.3, 0.4) is 0 Å². The lowest BCUT2D eigenvalue weighted by Crippen LogP contribution is -2.07. The molecule has 0 fully saturated rings. The van der Waals surface area contributed by atoms with Gasteiger partial charge in [-0.2, -0.15) is 0 Å². The van der Waals surface area contributed by atoms with Crippen LogP contribution in [-0.2, 0) is 17.0 Å². The van der Waals surface area contributed by atoms with Crippen LogP contribution in [0.5, 0.6) is 0 Å². The van der Waals surface area contributed by atoms with Gasteiger partial charge in [0.05, 0.1) is 13.2 Å². The zero-order valence-corrected chi connectivity index (χ0v) is 16.0. The second kappa shape index (κ2) is 8.37. The van der Waals surface area contributed by atoms with E-state index in [1.165, 1.54) is 16.3 Å². The lowest BCUT2D eigenvalue weighted by Gasteiger charge is -2.10. The molecule has 0 spiro atoms. The summed E-state index contributed by atoms with van der Waals surface area (Å²) < 4.78 is 7.43. The fourth-order valence-electron chi connectivity index (χ4n) is 3.06. The molecule has 4 aromatic rings. The number of benzene rings is 3. The highest BCUT2D eigenvalue weighted by atomic mass is 32.2. The number of nitrogens with zero attached hydrogens (tertiary/aromatic N) is 3. The Morgan fingerprint density at radius 3 is 2.48 bits per heavy atom. The van der Waals surface area contributed by atoms with Gasteiger partial charge in [0, 0.05) is 18.4 Å². The molecule has 0 aliphatic heterocycles. The van der Waals surface area contributed by atoms with E-state index in [2.05, 4.69) is 69.4 Å². The third kappa shape index (κ3) is 4.04. The highest BCUT2D eigenvalue weighted by molar-refractivity contribution is 7.98. The average Bonchev–Trinajstić information content (AvgIpc) is 3.14. The normalized spacial score (nSPS) is 11.1. The molecule has 5 heteroatoms. The van der Waals surface area contributed by atoms with Gasteiger partial charge < -0.3 is 4.74 Å². The van der Waals surface area contributed by atoms with Gasteiger partial charge in [0.15, 0.2) is 11.0 Å². The minimum Gasteiger partial charge on any atom is -0.383 e. The second-order valence-corrected chi connectivity index (χ2v) is 7.23. The van der Waals surface area contributed by atoms with Gasteiger partial charge in [0.25, 0.3) is 0 Å². The van der Waals surface area contributed by atoms with Crippen molar-refractivity contribution in [1.29, 1.82) is 0 Å². The van der Waals surface area contributed by atoms with Crippen molar-refractivity contribution in [1.82, 2.24) is 14.8 Å². The van der Waals surface area contributed by atoms with Crippen molar-refractivity contribution in [3.05, 3.63) is 78.4 Å². The number of methoxy groups -OCH3 is 1. The third-order valence-electron chi connectivity index (χ3n) is 4.45. The molecule has 0 aliphatic carbocycles. The Morgan fingerprint density at radius 1 is 0.889 bits per heavy atom. The van der Waals surface area contributed by atoms with Gasteiger partial charge in [-0.15, -0.1) is 10.2 Å². The summed E-state index contributed by atoms with van der Waals surface area (Å²) >= 11 is 1.71. The summed E-state index contributed by atoms with van der Waals surface area (Å²) in [6.45, 7) is 1.36. The molecule has 4 nitrogen and oxygen atoms in total. The lowest BCUT2D eigenvalue weighted by atomic mass is 10.1. The van der Waals surface area contributed by atoms with Crippen molar-refractivity contribution in [2.75, 3.05) is 13.7 Å². The molecule has 27 heavy (non-hydrogen) atoms. The monoisotopic (exact) mass is 375 g/mol. The van der Waals surface area contributed by atoms with Crippen LogP contribution in [0, 0.1) is 0 Å². The van der Waals surface area contributed by atoms with E-state index in [0.717, 1.165) is 28.8 Å². The molecule has 0 bridgehead atoms. The van der Waals surface area contributed by atoms with Gasteiger partial charge in [-0.25, -0.2) is 0 Å². The van der Waals surface area contributed by atoms with Crippen molar-refractivity contribution >= 4 is 22.5 Å². The molecule has 0 N–H and O–H groups in total. The standard InChI is InChI=1S/C22H21N3OS/c1-26-14-13-25-21(19-8-3-2-4-9-19)23-24-22(25)27-16-17-11-12-18-7-5-6-10-20(18)15-17/h2-12,15H,13-14,16H2,1H3. The SMILES string of the molecule is COCCn1c(SCc2ccc3ccccc3c2)nnc1-c1ccccc1. The number of thioether (sulfide) groups is 1. The first-order valence-corrected chi connectivity index (χ1v) is 9.92. The molecule has 0 saturated heterocycles. The Hall–Kier alpha value is -2.63. The van der Waals surface area contributed by atoms with Crippen LogP contribution in [-0.4, -0.2) is 28.5 Å². The number of hydrogen-bond acceptors (Lipinski definition) is 4. The molecule has 1 aromatic heterocycles. The van der Waals surface area contributed by atoms with Crippen LogP contribution >= 0.6 is 11.8 Å². The van der Waals surface area contributed by atoms with Crippen LogP contribution in [0.1, 0.15) is 5.56 Å². The van der Waals surface area contributed by atoms with Crippen LogP contribution in [0.2, 0.25) is 0 Å². The first kappa shape index (κ1) is 17.8. The molecule has 136 valence electrons. The molecular weight excluding hydrogens is 354 g/mol. The predicted molar refractivity (Wildman–Crippen MR) is 111 cm³/mol. The zero-order chi connectivity index (χ0) is 18.5. The van der Waals surface area contributed by atoms with Crippen molar-refractivity contribution in [2.24, 2.45) is 0 Å². The van der Waals surface area contributed by atoms with E-state index in [-0.39, 0.29) is 0 Å². The summed E-state index contributed by atoms with van der Waals surface area (Å²) in [5.74, 6) is 1.73. The Bertz CT molecular complexity index is 1030. The summed E-state index contributed by atoms with van der Waals surface area (Å²) in [5.41, 5.74) is 2.35. The van der Waals surface area contributed by atoms with Crippen molar-refractivity contribution < 1.29 is 4.74 Å². The minimum absolute atomic E-state index is 0.626. The number of fused-ring (bicyclic) bond motifs is 1. The summed E-state index contributed by atoms with van der Waals surface area (Å²) in [6.07, 6.45) is 0. The van der Waals surface area contributed by atoms with E-state index >= 15 is 0 Å². The Labute approximate surface area is 163 Å². The van der Waals surface area contributed by atoms with Gasteiger partial charge in [-0.1, -0.05) is 84.6 Å². The maximum Gasteiger partial charge on any atom is 0.191 e. The van der Waals surface area contributed by atoms with E-state index < -0.39 is 0 Å². The first-order valence-electron chi connectivity index (χ1n) is 8.93. The van der Waals surface area contributed by atoms with Gasteiger partial charge in [0.1, 0.15) is 0 Å². The molecule has 0 aliphatic rings. The van der Waals surface area contributed by atoms with Crippen LogP contribution in [0.4, 0.5) is 0 Å². The summed E-state index contributed by atoms with van der Waals surface area (Å²) in [7, 11) is 1.72. The molecule has 0 saturated carbocycles. The zero-order valence-electron chi connectivity index (χ0n) is 15.2. The molecule has 0 unspecified atom stereocenters. The second-order valence-electron chi connectivity index (χ2n) is 6.29. The summed E-state index contributed by atoms with van der Waals surface area (Å²) in [6, 6.07) is 25.2. The fourth-order valence-corrected chi connectivity index (χ4v) is 3.96. The molecule has 4 rings (SSSR count). The van der Waals surface area contributed by atoms with Crippen molar-refractivity contribution in [2.45, 2.75) is 17.5 Å². The smallest absolute Gasteiger partial charge is 0.191 e. The number of hydrogen-bond donors (Lipinski definition) is 0. The molecule has 0 amide bonds. The number of aromatic nitrogens is 3. The maximum atomic E-state index is 5.29. The lowest BCUT2D eigenvalue weighted by molar-refractivity contribution is 0.185. The molecule has 0 radical (unpaired) electrons. The van der Waals surface area contributed by atoms with E-state index in [1.807, 2.05) is 18.2 Å². The quantitative estimate of drug-likeness (QED) is 0.424. The molecular formula is C22H21N3OS.